The number of nitrogens with one attached hydrogen (secondary N) is 2. The first kappa shape index (κ1) is 22.9. The first-order valence-corrected chi connectivity index (χ1v) is 10.3. The van der Waals surface area contributed by atoms with Crippen molar-refractivity contribution >= 4 is 45.7 Å². The number of methoxy groups -OCH3 is 1. The molecule has 2 aromatic rings. The van der Waals surface area contributed by atoms with Gasteiger partial charge in [-0.15, -0.1) is 11.3 Å². The first-order valence-electron chi connectivity index (χ1n) is 9.07. The number of aryl methyl sites for hydroxylation is 2. The Labute approximate surface area is 178 Å². The molecule has 0 fully saturated rings. The van der Waals surface area contributed by atoms with Crippen LogP contribution < -0.4 is 10.6 Å². The average Bonchev–Trinajstić information content (AvgIpc) is 3.10. The van der Waals surface area contributed by atoms with E-state index in [1.54, 1.807) is 6.92 Å². The molecule has 0 unspecified atom stereocenters. The molecule has 0 aliphatic rings. The number of halogens is 1. The Hall–Kier alpha value is -2.39. The molecule has 10 heteroatoms. The van der Waals surface area contributed by atoms with E-state index in [0.717, 1.165) is 21.8 Å². The summed E-state index contributed by atoms with van der Waals surface area (Å²) in [5.41, 5.74) is 2.60. The van der Waals surface area contributed by atoms with Crippen molar-refractivity contribution in [1.29, 1.82) is 0 Å². The third kappa shape index (κ3) is 4.97. The highest BCUT2D eigenvalue weighted by Crippen LogP contribution is 2.32. The molecule has 0 saturated carbocycles. The average molecular weight is 441 g/mol. The quantitative estimate of drug-likeness (QED) is 0.529. The van der Waals surface area contributed by atoms with Crippen molar-refractivity contribution in [3.8, 4) is 0 Å². The Morgan fingerprint density at radius 3 is 2.41 bits per heavy atom. The van der Waals surface area contributed by atoms with Crippen LogP contribution >= 0.6 is 22.9 Å². The normalized spacial score (nSPS) is 11.8. The van der Waals surface area contributed by atoms with Gasteiger partial charge in [-0.3, -0.25) is 14.3 Å². The molecule has 0 bridgehead atoms. The van der Waals surface area contributed by atoms with Crippen LogP contribution in [0.25, 0.3) is 0 Å². The lowest BCUT2D eigenvalue weighted by Gasteiger charge is -2.14. The van der Waals surface area contributed by atoms with Crippen LogP contribution in [0.4, 0.5) is 5.00 Å². The molecule has 2 amide bonds. The monoisotopic (exact) mass is 440 g/mol. The zero-order valence-electron chi connectivity index (χ0n) is 17.3. The maximum atomic E-state index is 12.2. The summed E-state index contributed by atoms with van der Waals surface area (Å²) in [7, 11) is 1.27. The number of ether oxygens (including phenoxy) is 1. The topological polar surface area (TPSA) is 102 Å². The highest BCUT2D eigenvalue weighted by atomic mass is 35.5. The molecule has 0 radical (unpaired) electrons. The minimum atomic E-state index is -0.835. The van der Waals surface area contributed by atoms with Gasteiger partial charge in [-0.2, -0.15) is 5.10 Å². The summed E-state index contributed by atoms with van der Waals surface area (Å²) in [5, 5.41) is 10.4. The number of aromatic nitrogens is 2. The molecule has 0 aliphatic heterocycles. The fourth-order valence-electron chi connectivity index (χ4n) is 2.89. The van der Waals surface area contributed by atoms with E-state index in [1.807, 2.05) is 32.4 Å². The van der Waals surface area contributed by atoms with Gasteiger partial charge in [0.25, 0.3) is 0 Å². The number of amides is 2. The van der Waals surface area contributed by atoms with Gasteiger partial charge in [-0.25, -0.2) is 4.79 Å². The van der Waals surface area contributed by atoms with Crippen molar-refractivity contribution in [3.63, 3.8) is 0 Å². The third-order valence-corrected chi connectivity index (χ3v) is 6.38. The zero-order chi connectivity index (χ0) is 21.9. The maximum absolute atomic E-state index is 12.2. The van der Waals surface area contributed by atoms with Gasteiger partial charge < -0.3 is 15.4 Å². The van der Waals surface area contributed by atoms with Gasteiger partial charge in [0, 0.05) is 11.4 Å². The summed E-state index contributed by atoms with van der Waals surface area (Å²) in [6.45, 7) is 9.56. The summed E-state index contributed by atoms with van der Waals surface area (Å²) in [4.78, 5) is 37.2. The van der Waals surface area contributed by atoms with Gasteiger partial charge >= 0.3 is 17.8 Å². The molecule has 0 saturated heterocycles. The largest absolute Gasteiger partial charge is 0.465 e. The molecule has 158 valence electrons. The number of nitrogens with zero attached hydrogens (tertiary/aromatic N) is 2. The summed E-state index contributed by atoms with van der Waals surface area (Å²) in [6, 6.07) is -0.00177. The molecule has 2 N–H and O–H groups in total. The van der Waals surface area contributed by atoms with Crippen LogP contribution in [0.15, 0.2) is 0 Å². The lowest BCUT2D eigenvalue weighted by molar-refractivity contribution is -0.136. The van der Waals surface area contributed by atoms with E-state index >= 15 is 0 Å². The van der Waals surface area contributed by atoms with E-state index in [4.69, 9.17) is 16.3 Å². The van der Waals surface area contributed by atoms with Crippen LogP contribution in [-0.4, -0.2) is 41.2 Å². The number of carbonyl (C=O) groups excluding carboxylic acids is 3. The molecule has 8 nitrogen and oxygen atoms in total. The predicted octanol–water partition coefficient (Wildman–Crippen LogP) is 3.32. The molecular weight excluding hydrogens is 416 g/mol. The molecule has 0 spiro atoms. The van der Waals surface area contributed by atoms with Crippen LogP contribution in [0.2, 0.25) is 5.02 Å². The minimum absolute atomic E-state index is 0.00177. The Balaban J connectivity index is 1.95. The first-order chi connectivity index (χ1) is 13.6. The fourth-order valence-corrected chi connectivity index (χ4v) is 4.06. The molecule has 0 aliphatic carbocycles. The zero-order valence-corrected chi connectivity index (χ0v) is 18.9. The number of anilines is 1. The number of hydrogen-bond donors (Lipinski definition) is 2. The Kier molecular flexibility index (Phi) is 7.43. The summed E-state index contributed by atoms with van der Waals surface area (Å²) in [6.07, 6.45) is 0.571. The number of thiophene rings is 1. The standard InChI is InChI=1S/C19H25ClN4O4S/c1-9(24-12(4)15(20)11(3)23-24)7-8-21-16(25)17(26)22-18-14(19(27)28-6)10(2)13(5)29-18/h9H,7-8H2,1-6H3,(H,21,25)(H,22,26)/t9-/m0/s1. The molecule has 0 aromatic carbocycles. The molecule has 29 heavy (non-hydrogen) atoms. The number of esters is 1. The van der Waals surface area contributed by atoms with Crippen molar-refractivity contribution in [2.24, 2.45) is 0 Å². The number of rotatable bonds is 6. The summed E-state index contributed by atoms with van der Waals surface area (Å²) in [5.74, 6) is -2.17. The molecule has 1 atom stereocenters. The van der Waals surface area contributed by atoms with Crippen molar-refractivity contribution in [3.05, 3.63) is 32.4 Å². The second-order valence-corrected chi connectivity index (χ2v) is 8.36. The van der Waals surface area contributed by atoms with E-state index in [9.17, 15) is 14.4 Å². The summed E-state index contributed by atoms with van der Waals surface area (Å²) >= 11 is 7.39. The second kappa shape index (κ2) is 9.41. The van der Waals surface area contributed by atoms with Gasteiger partial charge in [0.2, 0.25) is 0 Å². The van der Waals surface area contributed by atoms with Gasteiger partial charge in [0.05, 0.1) is 35.1 Å². The summed E-state index contributed by atoms with van der Waals surface area (Å²) < 4.78 is 6.57. The third-order valence-electron chi connectivity index (χ3n) is 4.71. The Bertz CT molecular complexity index is 951. The van der Waals surface area contributed by atoms with Gasteiger partial charge in [-0.1, -0.05) is 11.6 Å². The van der Waals surface area contributed by atoms with E-state index in [2.05, 4.69) is 15.7 Å². The smallest absolute Gasteiger partial charge is 0.341 e. The maximum Gasteiger partial charge on any atom is 0.341 e. The minimum Gasteiger partial charge on any atom is -0.465 e. The molecule has 2 heterocycles. The number of carbonyl (C=O) groups is 3. The van der Waals surface area contributed by atoms with Crippen LogP contribution in [0.5, 0.6) is 0 Å². The van der Waals surface area contributed by atoms with Crippen molar-refractivity contribution in [1.82, 2.24) is 15.1 Å². The van der Waals surface area contributed by atoms with Crippen molar-refractivity contribution in [2.45, 2.75) is 47.1 Å². The Morgan fingerprint density at radius 2 is 1.86 bits per heavy atom. The lowest BCUT2D eigenvalue weighted by Crippen LogP contribution is -2.36. The van der Waals surface area contributed by atoms with Crippen LogP contribution in [0, 0.1) is 27.7 Å². The highest BCUT2D eigenvalue weighted by Gasteiger charge is 2.24. The lowest BCUT2D eigenvalue weighted by atomic mass is 10.1. The number of hydrogen-bond acceptors (Lipinski definition) is 6. The fraction of sp³-hybridized carbons (Fsp3) is 0.474. The van der Waals surface area contributed by atoms with E-state index < -0.39 is 17.8 Å². The van der Waals surface area contributed by atoms with Gasteiger partial charge in [-0.05, 0) is 46.6 Å². The van der Waals surface area contributed by atoms with Crippen LogP contribution in [-0.2, 0) is 14.3 Å². The van der Waals surface area contributed by atoms with Crippen LogP contribution in [0.3, 0.4) is 0 Å². The van der Waals surface area contributed by atoms with Gasteiger partial charge in [0.1, 0.15) is 5.00 Å². The van der Waals surface area contributed by atoms with E-state index in [1.165, 1.54) is 18.4 Å². The Morgan fingerprint density at radius 1 is 1.21 bits per heavy atom. The second-order valence-electron chi connectivity index (χ2n) is 6.76. The van der Waals surface area contributed by atoms with Crippen molar-refractivity contribution in [2.75, 3.05) is 19.0 Å². The molecule has 2 aromatic heterocycles. The van der Waals surface area contributed by atoms with E-state index in [-0.39, 0.29) is 18.2 Å². The SMILES string of the molecule is COC(=O)c1c(NC(=O)C(=O)NCC[C@H](C)n2nc(C)c(Cl)c2C)sc(C)c1C. The van der Waals surface area contributed by atoms with Crippen LogP contribution in [0.1, 0.15) is 51.6 Å². The van der Waals surface area contributed by atoms with Crippen molar-refractivity contribution < 1.29 is 19.1 Å². The highest BCUT2D eigenvalue weighted by molar-refractivity contribution is 7.17. The predicted molar refractivity (Wildman–Crippen MR) is 113 cm³/mol. The molecular formula is C19H25ClN4O4S. The molecule has 2 rings (SSSR count). The van der Waals surface area contributed by atoms with E-state index in [0.29, 0.717) is 16.4 Å². The van der Waals surface area contributed by atoms with Gasteiger partial charge in [0.15, 0.2) is 0 Å².